The van der Waals surface area contributed by atoms with Crippen LogP contribution in [0.15, 0.2) is 6.33 Å². The number of nitrogens with zero attached hydrogens (tertiary/aromatic N) is 6. The molecule has 0 bridgehead atoms. The average Bonchev–Trinajstić information content (AvgIpc) is 2.51. The molecule has 0 saturated heterocycles. The predicted octanol–water partition coefficient (Wildman–Crippen LogP) is -0.442. The van der Waals surface area contributed by atoms with Gasteiger partial charge in [0.15, 0.2) is 0 Å². The number of aromatic nitrogens is 6. The van der Waals surface area contributed by atoms with Crippen molar-refractivity contribution in [3.8, 4) is 11.4 Å². The van der Waals surface area contributed by atoms with Gasteiger partial charge in [0.05, 0.1) is 18.3 Å². The molecule has 2 aromatic rings. The van der Waals surface area contributed by atoms with Crippen LogP contribution in [-0.2, 0) is 7.05 Å². The third kappa shape index (κ3) is 1.28. The lowest BCUT2D eigenvalue weighted by Gasteiger charge is -2.01. The van der Waals surface area contributed by atoms with Crippen LogP contribution in [0.1, 0.15) is 5.69 Å². The quantitative estimate of drug-likeness (QED) is 0.656. The topological polar surface area (TPSA) is 95.4 Å². The molecule has 2 rings (SSSR count). The van der Waals surface area contributed by atoms with Gasteiger partial charge in [-0.25, -0.2) is 9.97 Å². The van der Waals surface area contributed by atoms with Gasteiger partial charge in [0.25, 0.3) is 0 Å². The summed E-state index contributed by atoms with van der Waals surface area (Å²) >= 11 is 0. The minimum atomic E-state index is 0.366. The number of aryl methyl sites for hydroxylation is 2. The molecular weight excluding hydrogens is 182 g/mol. The Morgan fingerprint density at radius 1 is 1.36 bits per heavy atom. The molecule has 7 nitrogen and oxygen atoms in total. The van der Waals surface area contributed by atoms with Crippen LogP contribution < -0.4 is 5.73 Å². The number of hydrogen-bond acceptors (Lipinski definition) is 6. The summed E-state index contributed by atoms with van der Waals surface area (Å²) in [5.41, 5.74) is 7.08. The van der Waals surface area contributed by atoms with E-state index in [9.17, 15) is 0 Å². The molecule has 0 amide bonds. The first kappa shape index (κ1) is 8.54. The Kier molecular flexibility index (Phi) is 1.84. The van der Waals surface area contributed by atoms with Crippen molar-refractivity contribution in [1.82, 2.24) is 30.2 Å². The fourth-order valence-electron chi connectivity index (χ4n) is 1.15. The van der Waals surface area contributed by atoms with Gasteiger partial charge < -0.3 is 5.73 Å². The molecule has 2 aromatic heterocycles. The molecule has 0 aliphatic carbocycles. The van der Waals surface area contributed by atoms with Crippen LogP contribution in [-0.4, -0.2) is 30.2 Å². The van der Waals surface area contributed by atoms with E-state index in [0.717, 1.165) is 5.69 Å². The van der Waals surface area contributed by atoms with Crippen LogP contribution in [0.2, 0.25) is 0 Å². The molecule has 0 spiro atoms. The number of nitrogens with two attached hydrogens (primary N) is 1. The molecule has 2 heterocycles. The van der Waals surface area contributed by atoms with Crippen molar-refractivity contribution >= 4 is 5.82 Å². The van der Waals surface area contributed by atoms with Crippen molar-refractivity contribution in [2.75, 3.05) is 5.73 Å². The van der Waals surface area contributed by atoms with Crippen molar-refractivity contribution in [1.29, 1.82) is 0 Å². The third-order valence-electron chi connectivity index (χ3n) is 1.80. The molecule has 0 radical (unpaired) electrons. The largest absolute Gasteiger partial charge is 0.383 e. The molecule has 0 aromatic carbocycles. The summed E-state index contributed by atoms with van der Waals surface area (Å²) in [6.07, 6.45) is 1.41. The summed E-state index contributed by atoms with van der Waals surface area (Å²) in [5, 5.41) is 11.6. The van der Waals surface area contributed by atoms with Gasteiger partial charge in [0, 0.05) is 0 Å². The number of tetrazole rings is 1. The maximum absolute atomic E-state index is 5.69. The fraction of sp³-hybridized carbons (Fsp3) is 0.286. The fourth-order valence-corrected chi connectivity index (χ4v) is 1.15. The summed E-state index contributed by atoms with van der Waals surface area (Å²) in [6.45, 7) is 1.82. The lowest BCUT2D eigenvalue weighted by molar-refractivity contribution is 0.630. The molecule has 0 saturated carbocycles. The molecule has 72 valence electrons. The summed E-state index contributed by atoms with van der Waals surface area (Å²) in [4.78, 5) is 9.25. The minimum Gasteiger partial charge on any atom is -0.383 e. The Morgan fingerprint density at radius 3 is 2.71 bits per heavy atom. The van der Waals surface area contributed by atoms with Crippen LogP contribution in [0.25, 0.3) is 11.4 Å². The highest BCUT2D eigenvalue weighted by molar-refractivity contribution is 5.69. The van der Waals surface area contributed by atoms with Crippen molar-refractivity contribution < 1.29 is 0 Å². The molecule has 0 fully saturated rings. The van der Waals surface area contributed by atoms with E-state index in [1.807, 2.05) is 6.92 Å². The van der Waals surface area contributed by atoms with Crippen LogP contribution in [0.3, 0.4) is 0 Å². The molecule has 0 aliphatic rings. The van der Waals surface area contributed by atoms with Gasteiger partial charge in [-0.15, -0.1) is 10.2 Å². The van der Waals surface area contributed by atoms with E-state index in [2.05, 4.69) is 25.4 Å². The number of nitrogen functional groups attached to an aromatic ring is 1. The van der Waals surface area contributed by atoms with Gasteiger partial charge in [-0.1, -0.05) is 0 Å². The average molecular weight is 191 g/mol. The van der Waals surface area contributed by atoms with Gasteiger partial charge in [-0.3, -0.25) is 0 Å². The van der Waals surface area contributed by atoms with Crippen molar-refractivity contribution in [3.05, 3.63) is 12.0 Å². The summed E-state index contributed by atoms with van der Waals surface area (Å²) in [7, 11) is 1.69. The molecule has 0 atom stereocenters. The van der Waals surface area contributed by atoms with Gasteiger partial charge in [0.1, 0.15) is 12.1 Å². The van der Waals surface area contributed by atoms with Crippen LogP contribution in [0.5, 0.6) is 0 Å². The zero-order valence-electron chi connectivity index (χ0n) is 7.84. The summed E-state index contributed by atoms with van der Waals surface area (Å²) in [5.74, 6) is 0.814. The predicted molar refractivity (Wildman–Crippen MR) is 49.0 cm³/mol. The number of anilines is 1. The van der Waals surface area contributed by atoms with E-state index in [0.29, 0.717) is 17.2 Å². The van der Waals surface area contributed by atoms with E-state index in [1.54, 1.807) is 7.05 Å². The first-order valence-electron chi connectivity index (χ1n) is 4.00. The monoisotopic (exact) mass is 191 g/mol. The lowest BCUT2D eigenvalue weighted by Crippen LogP contribution is -2.00. The molecule has 14 heavy (non-hydrogen) atoms. The summed E-state index contributed by atoms with van der Waals surface area (Å²) in [6, 6.07) is 0. The van der Waals surface area contributed by atoms with Gasteiger partial charge in [-0.05, 0) is 12.1 Å². The second-order valence-corrected chi connectivity index (χ2v) is 2.82. The maximum atomic E-state index is 5.69. The molecule has 2 N–H and O–H groups in total. The molecule has 0 aliphatic heterocycles. The molecular formula is C7H9N7. The van der Waals surface area contributed by atoms with E-state index in [4.69, 9.17) is 5.73 Å². The second-order valence-electron chi connectivity index (χ2n) is 2.82. The highest BCUT2D eigenvalue weighted by atomic mass is 15.6. The van der Waals surface area contributed by atoms with Crippen molar-refractivity contribution in [3.63, 3.8) is 0 Å². The standard InChI is InChI=1S/C7H9N7/c1-4-5(6(8)10-3-9-4)7-11-13-14(2)12-7/h3H,1-2H3,(H2,8,9,10). The third-order valence-corrected chi connectivity index (χ3v) is 1.80. The van der Waals surface area contributed by atoms with Crippen LogP contribution in [0, 0.1) is 6.92 Å². The first-order chi connectivity index (χ1) is 6.68. The molecule has 7 heteroatoms. The Balaban J connectivity index is 2.61. The van der Waals surface area contributed by atoms with Crippen molar-refractivity contribution in [2.45, 2.75) is 6.92 Å². The highest BCUT2D eigenvalue weighted by Gasteiger charge is 2.12. The SMILES string of the molecule is Cc1ncnc(N)c1-c1nnn(C)n1. The maximum Gasteiger partial charge on any atom is 0.210 e. The van der Waals surface area contributed by atoms with Crippen LogP contribution >= 0.6 is 0 Å². The Morgan fingerprint density at radius 2 is 2.14 bits per heavy atom. The first-order valence-corrected chi connectivity index (χ1v) is 4.00. The second kappa shape index (κ2) is 3.02. The van der Waals surface area contributed by atoms with Gasteiger partial charge in [-0.2, -0.15) is 4.80 Å². The summed E-state index contributed by atoms with van der Waals surface area (Å²) < 4.78 is 0. The lowest BCUT2D eigenvalue weighted by atomic mass is 10.2. The van der Waals surface area contributed by atoms with Crippen LogP contribution in [0.4, 0.5) is 5.82 Å². The smallest absolute Gasteiger partial charge is 0.210 e. The van der Waals surface area contributed by atoms with Gasteiger partial charge in [0.2, 0.25) is 5.82 Å². The van der Waals surface area contributed by atoms with E-state index < -0.39 is 0 Å². The number of rotatable bonds is 1. The Bertz CT molecular complexity index is 441. The van der Waals surface area contributed by atoms with E-state index >= 15 is 0 Å². The Hall–Kier alpha value is -2.05. The minimum absolute atomic E-state index is 0.366. The van der Waals surface area contributed by atoms with E-state index in [1.165, 1.54) is 11.1 Å². The Labute approximate surface area is 80.0 Å². The normalized spacial score (nSPS) is 10.4. The molecule has 0 unspecified atom stereocenters. The van der Waals surface area contributed by atoms with Crippen molar-refractivity contribution in [2.24, 2.45) is 7.05 Å². The van der Waals surface area contributed by atoms with Gasteiger partial charge >= 0.3 is 0 Å². The number of hydrogen-bond donors (Lipinski definition) is 1. The zero-order valence-corrected chi connectivity index (χ0v) is 7.84. The zero-order chi connectivity index (χ0) is 10.1. The highest BCUT2D eigenvalue weighted by Crippen LogP contribution is 2.21. The van der Waals surface area contributed by atoms with E-state index in [-0.39, 0.29) is 0 Å².